The van der Waals surface area contributed by atoms with Gasteiger partial charge in [0, 0.05) is 16.4 Å². The highest BCUT2D eigenvalue weighted by Crippen LogP contribution is 2.28. The summed E-state index contributed by atoms with van der Waals surface area (Å²) in [6.45, 7) is 0. The summed E-state index contributed by atoms with van der Waals surface area (Å²) in [4.78, 5) is 12.3. The summed E-state index contributed by atoms with van der Waals surface area (Å²) in [5.41, 5.74) is 0.933. The Balaban J connectivity index is 1.65. The highest BCUT2D eigenvalue weighted by atomic mass is 32.1. The van der Waals surface area contributed by atoms with Crippen LogP contribution in [0.2, 0.25) is 0 Å². The molecule has 1 aromatic heterocycles. The number of methoxy groups -OCH3 is 1. The van der Waals surface area contributed by atoms with E-state index < -0.39 is 0 Å². The second kappa shape index (κ2) is 7.94. The lowest BCUT2D eigenvalue weighted by molar-refractivity contribution is 0.0606. The van der Waals surface area contributed by atoms with Gasteiger partial charge in [-0.05, 0) is 54.7 Å². The van der Waals surface area contributed by atoms with E-state index in [0.717, 1.165) is 15.8 Å². The molecule has 1 aliphatic rings. The van der Waals surface area contributed by atoms with Crippen LogP contribution in [0.1, 0.15) is 48.2 Å². The molecule has 0 saturated heterocycles. The van der Waals surface area contributed by atoms with Crippen LogP contribution in [0.5, 0.6) is 0 Å². The fourth-order valence-electron chi connectivity index (χ4n) is 3.10. The Hall–Kier alpha value is -1.66. The van der Waals surface area contributed by atoms with E-state index in [2.05, 4.69) is 10.6 Å². The van der Waals surface area contributed by atoms with E-state index in [1.54, 1.807) is 0 Å². The SMILES string of the molecule is COC(=O)c1cc2cc(NC(=S)NC3CCCCCC3)ccc2s1. The molecule has 4 nitrogen and oxygen atoms in total. The molecular formula is C18H22N2O2S2. The van der Waals surface area contributed by atoms with Crippen molar-refractivity contribution in [3.8, 4) is 0 Å². The zero-order chi connectivity index (χ0) is 16.9. The number of ether oxygens (including phenoxy) is 1. The first-order chi connectivity index (χ1) is 11.7. The van der Waals surface area contributed by atoms with Crippen molar-refractivity contribution in [2.75, 3.05) is 12.4 Å². The van der Waals surface area contributed by atoms with E-state index in [0.29, 0.717) is 16.0 Å². The number of nitrogens with one attached hydrogen (secondary N) is 2. The quantitative estimate of drug-likeness (QED) is 0.471. The van der Waals surface area contributed by atoms with Gasteiger partial charge >= 0.3 is 5.97 Å². The van der Waals surface area contributed by atoms with Crippen LogP contribution in [-0.2, 0) is 4.74 Å². The lowest BCUT2D eigenvalue weighted by Gasteiger charge is -2.19. The minimum absolute atomic E-state index is 0.295. The molecule has 0 amide bonds. The molecule has 0 radical (unpaired) electrons. The highest BCUT2D eigenvalue weighted by molar-refractivity contribution is 7.80. The molecule has 1 aromatic carbocycles. The maximum Gasteiger partial charge on any atom is 0.348 e. The van der Waals surface area contributed by atoms with Gasteiger partial charge in [-0.15, -0.1) is 11.3 Å². The van der Waals surface area contributed by atoms with Crippen LogP contribution < -0.4 is 10.6 Å². The molecule has 0 bridgehead atoms. The van der Waals surface area contributed by atoms with Crippen molar-refractivity contribution in [1.82, 2.24) is 5.32 Å². The second-order valence-corrected chi connectivity index (χ2v) is 7.63. The number of fused-ring (bicyclic) bond motifs is 1. The normalized spacial score (nSPS) is 15.7. The van der Waals surface area contributed by atoms with Crippen LogP contribution in [-0.4, -0.2) is 24.2 Å². The van der Waals surface area contributed by atoms with Crippen molar-refractivity contribution in [3.63, 3.8) is 0 Å². The van der Waals surface area contributed by atoms with Gasteiger partial charge in [0.05, 0.1) is 7.11 Å². The molecule has 24 heavy (non-hydrogen) atoms. The molecule has 1 fully saturated rings. The molecule has 0 spiro atoms. The Bertz CT molecular complexity index is 734. The van der Waals surface area contributed by atoms with Crippen molar-refractivity contribution in [2.45, 2.75) is 44.6 Å². The number of hydrogen-bond acceptors (Lipinski definition) is 4. The third-order valence-corrected chi connectivity index (χ3v) is 5.67. The van der Waals surface area contributed by atoms with E-state index >= 15 is 0 Å². The van der Waals surface area contributed by atoms with Gasteiger partial charge in [-0.25, -0.2) is 4.79 Å². The van der Waals surface area contributed by atoms with Gasteiger partial charge in [-0.1, -0.05) is 25.7 Å². The number of esters is 1. The van der Waals surface area contributed by atoms with E-state index in [9.17, 15) is 4.79 Å². The number of hydrogen-bond donors (Lipinski definition) is 2. The fraction of sp³-hybridized carbons (Fsp3) is 0.444. The largest absolute Gasteiger partial charge is 0.465 e. The Morgan fingerprint density at radius 2 is 1.96 bits per heavy atom. The molecule has 1 saturated carbocycles. The smallest absolute Gasteiger partial charge is 0.348 e. The number of carbonyl (C=O) groups excluding carboxylic acids is 1. The summed E-state index contributed by atoms with van der Waals surface area (Å²) >= 11 is 6.89. The molecule has 2 aromatic rings. The molecular weight excluding hydrogens is 340 g/mol. The van der Waals surface area contributed by atoms with Gasteiger partial charge < -0.3 is 15.4 Å². The maximum atomic E-state index is 11.6. The lowest BCUT2D eigenvalue weighted by atomic mass is 10.1. The molecule has 1 aliphatic carbocycles. The topological polar surface area (TPSA) is 50.4 Å². The molecule has 2 N–H and O–H groups in total. The maximum absolute atomic E-state index is 11.6. The number of thiophene rings is 1. The monoisotopic (exact) mass is 362 g/mol. The summed E-state index contributed by atoms with van der Waals surface area (Å²) in [5, 5.41) is 8.39. The predicted molar refractivity (Wildman–Crippen MR) is 104 cm³/mol. The van der Waals surface area contributed by atoms with Gasteiger partial charge in [-0.2, -0.15) is 0 Å². The first-order valence-corrected chi connectivity index (χ1v) is 9.57. The van der Waals surface area contributed by atoms with Crippen LogP contribution in [0.3, 0.4) is 0 Å². The first-order valence-electron chi connectivity index (χ1n) is 8.35. The second-order valence-electron chi connectivity index (χ2n) is 6.14. The Morgan fingerprint density at radius 3 is 2.67 bits per heavy atom. The van der Waals surface area contributed by atoms with Crippen LogP contribution in [0, 0.1) is 0 Å². The van der Waals surface area contributed by atoms with Gasteiger partial charge in [0.25, 0.3) is 0 Å². The van der Waals surface area contributed by atoms with Crippen LogP contribution >= 0.6 is 23.6 Å². The van der Waals surface area contributed by atoms with Gasteiger partial charge in [0.1, 0.15) is 4.88 Å². The Labute approximate surface area is 151 Å². The standard InChI is InChI=1S/C18H22N2O2S2/c1-22-17(21)16-11-12-10-14(8-9-15(12)24-16)20-18(23)19-13-6-4-2-3-5-7-13/h8-11,13H,2-7H2,1H3,(H2,19,20,23). The zero-order valence-corrected chi connectivity index (χ0v) is 15.4. The molecule has 6 heteroatoms. The fourth-order valence-corrected chi connectivity index (χ4v) is 4.34. The highest BCUT2D eigenvalue weighted by Gasteiger charge is 2.14. The molecule has 1 heterocycles. The zero-order valence-electron chi connectivity index (χ0n) is 13.8. The van der Waals surface area contributed by atoms with Crippen LogP contribution in [0.25, 0.3) is 10.1 Å². The van der Waals surface area contributed by atoms with Crippen molar-refractivity contribution >= 4 is 50.4 Å². The van der Waals surface area contributed by atoms with Crippen molar-refractivity contribution < 1.29 is 9.53 Å². The van der Waals surface area contributed by atoms with Crippen molar-refractivity contribution in [3.05, 3.63) is 29.1 Å². The van der Waals surface area contributed by atoms with Gasteiger partial charge in [0.2, 0.25) is 0 Å². The number of rotatable bonds is 3. The van der Waals surface area contributed by atoms with E-state index in [-0.39, 0.29) is 5.97 Å². The molecule has 3 rings (SSSR count). The van der Waals surface area contributed by atoms with Crippen LogP contribution in [0.4, 0.5) is 5.69 Å². The van der Waals surface area contributed by atoms with Crippen molar-refractivity contribution in [1.29, 1.82) is 0 Å². The number of benzene rings is 1. The minimum atomic E-state index is -0.295. The predicted octanol–water partition coefficient (Wildman–Crippen LogP) is 4.70. The summed E-state index contributed by atoms with van der Waals surface area (Å²) in [5.74, 6) is -0.295. The van der Waals surface area contributed by atoms with E-state index in [1.165, 1.54) is 57.0 Å². The molecule has 0 aliphatic heterocycles. The molecule has 128 valence electrons. The van der Waals surface area contributed by atoms with Gasteiger partial charge in [-0.3, -0.25) is 0 Å². The third-order valence-electron chi connectivity index (χ3n) is 4.35. The third kappa shape index (κ3) is 4.24. The molecule has 0 unspecified atom stereocenters. The summed E-state index contributed by atoms with van der Waals surface area (Å²) in [7, 11) is 1.40. The Morgan fingerprint density at radius 1 is 1.21 bits per heavy atom. The number of anilines is 1. The summed E-state index contributed by atoms with van der Waals surface area (Å²) < 4.78 is 5.84. The molecule has 0 atom stereocenters. The van der Waals surface area contributed by atoms with E-state index in [1.807, 2.05) is 24.3 Å². The number of carbonyl (C=O) groups is 1. The minimum Gasteiger partial charge on any atom is -0.465 e. The summed E-state index contributed by atoms with van der Waals surface area (Å²) in [6.07, 6.45) is 7.59. The summed E-state index contributed by atoms with van der Waals surface area (Å²) in [6, 6.07) is 8.34. The first kappa shape index (κ1) is 17.2. The van der Waals surface area contributed by atoms with Gasteiger partial charge in [0.15, 0.2) is 5.11 Å². The average Bonchev–Trinajstić information content (AvgIpc) is 2.83. The number of thiocarbonyl (C=S) groups is 1. The average molecular weight is 363 g/mol. The Kier molecular flexibility index (Phi) is 5.68. The van der Waals surface area contributed by atoms with E-state index in [4.69, 9.17) is 17.0 Å². The lowest BCUT2D eigenvalue weighted by Crippen LogP contribution is -2.37. The van der Waals surface area contributed by atoms with Crippen LogP contribution in [0.15, 0.2) is 24.3 Å². The van der Waals surface area contributed by atoms with Crippen molar-refractivity contribution in [2.24, 2.45) is 0 Å².